The van der Waals surface area contributed by atoms with E-state index in [0.717, 1.165) is 0 Å². The van der Waals surface area contributed by atoms with Gasteiger partial charge in [-0.2, -0.15) is 0 Å². The van der Waals surface area contributed by atoms with Crippen molar-refractivity contribution >= 4 is 25.4 Å². The van der Waals surface area contributed by atoms with E-state index in [1.54, 1.807) is 4.57 Å². The first kappa shape index (κ1) is 14.3. The number of anilines is 1. The second kappa shape index (κ2) is 5.98. The van der Waals surface area contributed by atoms with E-state index in [4.69, 9.17) is 15.2 Å². The molecular weight excluding hydrogens is 297 g/mol. The minimum absolute atomic E-state index is 0.0766. The van der Waals surface area contributed by atoms with Gasteiger partial charge in [0.15, 0.2) is 26.2 Å². The minimum atomic E-state index is -0.711. The lowest BCUT2D eigenvalue weighted by Crippen LogP contribution is -2.19. The SMILES string of the molecule is Nc1ncnc2c1ncn2C1OC(COCP=O)CC1O. The van der Waals surface area contributed by atoms with Crippen molar-refractivity contribution in [3.05, 3.63) is 12.7 Å². The Morgan fingerprint density at radius 1 is 1.52 bits per heavy atom. The highest BCUT2D eigenvalue weighted by molar-refractivity contribution is 7.23. The fraction of sp³-hybridized carbons (Fsp3) is 0.545. The van der Waals surface area contributed by atoms with Crippen LogP contribution in [0.1, 0.15) is 12.6 Å². The van der Waals surface area contributed by atoms with E-state index < -0.39 is 12.3 Å². The lowest BCUT2D eigenvalue weighted by Gasteiger charge is -2.16. The van der Waals surface area contributed by atoms with Crippen LogP contribution in [0.4, 0.5) is 5.82 Å². The van der Waals surface area contributed by atoms with Gasteiger partial charge < -0.3 is 20.3 Å². The third-order valence-electron chi connectivity index (χ3n) is 3.27. The van der Waals surface area contributed by atoms with E-state index >= 15 is 0 Å². The zero-order chi connectivity index (χ0) is 14.8. The zero-order valence-corrected chi connectivity index (χ0v) is 11.9. The maximum atomic E-state index is 10.3. The second-order valence-corrected chi connectivity index (χ2v) is 5.18. The fourth-order valence-electron chi connectivity index (χ4n) is 2.37. The summed E-state index contributed by atoms with van der Waals surface area (Å²) in [5, 5.41) is 10.1. The number of nitrogens with two attached hydrogens (primary N) is 1. The molecule has 0 bridgehead atoms. The molecule has 10 heteroatoms. The molecule has 2 aromatic heterocycles. The van der Waals surface area contributed by atoms with Gasteiger partial charge in [0, 0.05) is 6.42 Å². The Labute approximate surface area is 121 Å². The third kappa shape index (κ3) is 2.73. The minimum Gasteiger partial charge on any atom is -0.388 e. The molecule has 0 amide bonds. The molecule has 1 aliphatic rings. The van der Waals surface area contributed by atoms with Crippen LogP contribution in [-0.2, 0) is 14.0 Å². The van der Waals surface area contributed by atoms with Crippen LogP contribution in [0.2, 0.25) is 0 Å². The van der Waals surface area contributed by atoms with Gasteiger partial charge in [0.1, 0.15) is 24.3 Å². The normalized spacial score (nSPS) is 25.9. The maximum absolute atomic E-state index is 10.3. The van der Waals surface area contributed by atoms with Crippen molar-refractivity contribution in [2.45, 2.75) is 24.9 Å². The van der Waals surface area contributed by atoms with Crippen LogP contribution in [0.15, 0.2) is 12.7 Å². The highest BCUT2D eigenvalue weighted by atomic mass is 31.1. The van der Waals surface area contributed by atoms with Gasteiger partial charge in [-0.1, -0.05) is 0 Å². The predicted octanol–water partition coefficient (Wildman–Crippen LogP) is 0.323. The lowest BCUT2D eigenvalue weighted by atomic mass is 10.2. The average molecular weight is 311 g/mol. The van der Waals surface area contributed by atoms with Gasteiger partial charge in [-0.15, -0.1) is 0 Å². The number of aliphatic hydroxyl groups excluding tert-OH is 1. The number of hydrogen-bond donors (Lipinski definition) is 2. The molecule has 3 unspecified atom stereocenters. The van der Waals surface area contributed by atoms with Crippen molar-refractivity contribution in [1.29, 1.82) is 0 Å². The largest absolute Gasteiger partial charge is 0.388 e. The van der Waals surface area contributed by atoms with Gasteiger partial charge >= 0.3 is 0 Å². The van der Waals surface area contributed by atoms with Crippen LogP contribution in [0, 0.1) is 0 Å². The standard InChI is InChI=1S/C11H14N5O4P/c12-9-8-10(14-3-13-9)16(4-15-8)11-7(17)1-6(20-11)2-19-5-21-18/h3-4,6-7,11,17H,1-2,5H2,(H2,12,13,14). The van der Waals surface area contributed by atoms with Gasteiger partial charge in [-0.25, -0.2) is 15.0 Å². The number of nitrogens with zero attached hydrogens (tertiary/aromatic N) is 4. The Hall–Kier alpha value is -1.67. The van der Waals surface area contributed by atoms with Gasteiger partial charge in [-0.05, 0) is 0 Å². The van der Waals surface area contributed by atoms with Gasteiger partial charge in [0.2, 0.25) is 0 Å². The number of fused-ring (bicyclic) bond motifs is 1. The van der Waals surface area contributed by atoms with Crippen LogP contribution in [0.3, 0.4) is 0 Å². The number of nitrogen functional groups attached to an aromatic ring is 1. The van der Waals surface area contributed by atoms with Crippen molar-refractivity contribution in [1.82, 2.24) is 19.5 Å². The monoisotopic (exact) mass is 311 g/mol. The van der Waals surface area contributed by atoms with Gasteiger partial charge in [0.25, 0.3) is 0 Å². The number of rotatable bonds is 5. The number of aromatic nitrogens is 4. The molecule has 3 atom stereocenters. The highest BCUT2D eigenvalue weighted by Crippen LogP contribution is 2.31. The summed E-state index contributed by atoms with van der Waals surface area (Å²) < 4.78 is 22.9. The number of imidazole rings is 1. The molecule has 1 aliphatic heterocycles. The molecule has 9 nitrogen and oxygen atoms in total. The first-order valence-electron chi connectivity index (χ1n) is 6.34. The zero-order valence-electron chi connectivity index (χ0n) is 11.0. The van der Waals surface area contributed by atoms with Crippen molar-refractivity contribution in [3.63, 3.8) is 0 Å². The molecule has 0 spiro atoms. The molecule has 0 radical (unpaired) electrons. The summed E-state index contributed by atoms with van der Waals surface area (Å²) in [7, 11) is -0.0766. The molecule has 3 N–H and O–H groups in total. The van der Waals surface area contributed by atoms with Crippen molar-refractivity contribution in [3.8, 4) is 0 Å². The quantitative estimate of drug-likeness (QED) is 0.597. The maximum Gasteiger partial charge on any atom is 0.183 e. The van der Waals surface area contributed by atoms with Gasteiger partial charge in [-0.3, -0.25) is 9.13 Å². The Kier molecular flexibility index (Phi) is 4.07. The number of aliphatic hydroxyl groups is 1. The fourth-order valence-corrected chi connectivity index (χ4v) is 2.55. The van der Waals surface area contributed by atoms with E-state index in [1.807, 2.05) is 0 Å². The predicted molar refractivity (Wildman–Crippen MR) is 72.7 cm³/mol. The first-order valence-corrected chi connectivity index (χ1v) is 7.34. The van der Waals surface area contributed by atoms with Crippen molar-refractivity contribution in [2.24, 2.45) is 0 Å². The summed E-state index contributed by atoms with van der Waals surface area (Å²) in [6.45, 7) is 0.270. The Bertz CT molecular complexity index is 651. The number of hydrogen-bond acceptors (Lipinski definition) is 8. The van der Waals surface area contributed by atoms with Crippen molar-refractivity contribution in [2.75, 3.05) is 18.7 Å². The van der Waals surface area contributed by atoms with E-state index in [1.165, 1.54) is 12.7 Å². The molecule has 0 aromatic carbocycles. The molecule has 1 saturated heterocycles. The first-order chi connectivity index (χ1) is 10.2. The van der Waals surface area contributed by atoms with E-state index in [0.29, 0.717) is 17.6 Å². The second-order valence-electron chi connectivity index (χ2n) is 4.66. The molecule has 21 heavy (non-hydrogen) atoms. The molecular formula is C11H14N5O4P. The van der Waals surface area contributed by atoms with Crippen LogP contribution in [0.25, 0.3) is 11.2 Å². The summed E-state index contributed by atoms with van der Waals surface area (Å²) in [6, 6.07) is 0. The van der Waals surface area contributed by atoms with E-state index in [-0.39, 0.29) is 33.3 Å². The van der Waals surface area contributed by atoms with Crippen molar-refractivity contribution < 1.29 is 19.1 Å². The van der Waals surface area contributed by atoms with Crippen LogP contribution in [0.5, 0.6) is 0 Å². The molecule has 112 valence electrons. The smallest absolute Gasteiger partial charge is 0.183 e. The van der Waals surface area contributed by atoms with E-state index in [9.17, 15) is 9.67 Å². The summed E-state index contributed by atoms with van der Waals surface area (Å²) in [4.78, 5) is 12.1. The summed E-state index contributed by atoms with van der Waals surface area (Å²) in [5.41, 5.74) is 6.71. The molecule has 0 saturated carbocycles. The van der Waals surface area contributed by atoms with Gasteiger partial charge in [0.05, 0.1) is 19.0 Å². The van der Waals surface area contributed by atoms with Crippen LogP contribution in [-0.4, -0.2) is 49.8 Å². The molecule has 1 fully saturated rings. The topological polar surface area (TPSA) is 125 Å². The van der Waals surface area contributed by atoms with E-state index in [2.05, 4.69) is 15.0 Å². The lowest BCUT2D eigenvalue weighted by molar-refractivity contribution is -0.0557. The molecule has 3 heterocycles. The summed E-state index contributed by atoms with van der Waals surface area (Å²) in [6.07, 6.45) is 1.79. The third-order valence-corrected chi connectivity index (χ3v) is 3.56. The Morgan fingerprint density at radius 3 is 3.19 bits per heavy atom. The molecule has 3 rings (SSSR count). The number of ether oxygens (including phenoxy) is 2. The average Bonchev–Trinajstić information content (AvgIpc) is 3.04. The Morgan fingerprint density at radius 2 is 2.38 bits per heavy atom. The van der Waals surface area contributed by atoms with Crippen LogP contribution >= 0.6 is 8.46 Å². The summed E-state index contributed by atoms with van der Waals surface area (Å²) in [5.74, 6) is 0.278. The molecule has 0 aliphatic carbocycles. The highest BCUT2D eigenvalue weighted by Gasteiger charge is 2.36. The molecule has 2 aromatic rings. The summed E-state index contributed by atoms with van der Waals surface area (Å²) >= 11 is 0. The Balaban J connectivity index is 1.79. The van der Waals surface area contributed by atoms with Crippen LogP contribution < -0.4 is 5.73 Å².